The highest BCUT2D eigenvalue weighted by atomic mass is 19.2. The van der Waals surface area contributed by atoms with E-state index in [1.807, 2.05) is 0 Å². The fraction of sp³-hybridized carbons (Fsp3) is 0.583. The summed E-state index contributed by atoms with van der Waals surface area (Å²) in [6, 6.07) is 14.9. The quantitative estimate of drug-likeness (QED) is 0.289. The number of hydrogen-bond donors (Lipinski definition) is 1. The van der Waals surface area contributed by atoms with E-state index in [1.165, 1.54) is 24.1 Å². The zero-order valence-electron chi connectivity index (χ0n) is 25.8. The Morgan fingerprint density at radius 1 is 1.00 bits per heavy atom. The van der Waals surface area contributed by atoms with Gasteiger partial charge in [-0.1, -0.05) is 62.2 Å². The lowest BCUT2D eigenvalue weighted by molar-refractivity contribution is -0.145. The van der Waals surface area contributed by atoms with Crippen molar-refractivity contribution in [2.24, 2.45) is 11.8 Å². The lowest BCUT2D eigenvalue weighted by atomic mass is 9.83. The van der Waals surface area contributed by atoms with Gasteiger partial charge in [-0.15, -0.1) is 0 Å². The van der Waals surface area contributed by atoms with E-state index in [4.69, 9.17) is 0 Å². The van der Waals surface area contributed by atoms with Crippen LogP contribution in [0.3, 0.4) is 0 Å². The minimum absolute atomic E-state index is 0.257. The summed E-state index contributed by atoms with van der Waals surface area (Å²) in [4.78, 5) is 19.9. The molecule has 5 rings (SSSR count). The van der Waals surface area contributed by atoms with Gasteiger partial charge in [0.2, 0.25) is 0 Å². The van der Waals surface area contributed by atoms with Crippen LogP contribution in [0, 0.1) is 23.5 Å². The number of likely N-dealkylation sites (tertiary alicyclic amines) is 2. The van der Waals surface area contributed by atoms with E-state index in [9.17, 15) is 18.7 Å². The van der Waals surface area contributed by atoms with Gasteiger partial charge in [0.1, 0.15) is 6.04 Å². The van der Waals surface area contributed by atoms with E-state index in [-0.39, 0.29) is 12.0 Å². The Morgan fingerprint density at radius 3 is 2.37 bits per heavy atom. The zero-order chi connectivity index (χ0) is 30.3. The largest absolute Gasteiger partial charge is 0.480 e. The topological polar surface area (TPSA) is 47.0 Å². The molecule has 43 heavy (non-hydrogen) atoms. The number of aryl methyl sites for hydroxylation is 1. The number of carboxylic acids is 1. The maximum absolute atomic E-state index is 13.7. The summed E-state index contributed by atoms with van der Waals surface area (Å²) >= 11 is 0. The van der Waals surface area contributed by atoms with Crippen LogP contribution in [-0.2, 0) is 11.2 Å². The van der Waals surface area contributed by atoms with Crippen molar-refractivity contribution >= 4 is 5.97 Å². The molecule has 2 aromatic carbocycles. The number of carboxylic acid groups (broad SMARTS) is 1. The third-order valence-corrected chi connectivity index (χ3v) is 10.4. The van der Waals surface area contributed by atoms with Gasteiger partial charge in [0, 0.05) is 56.9 Å². The molecule has 5 nitrogen and oxygen atoms in total. The van der Waals surface area contributed by atoms with Crippen molar-refractivity contribution in [3.05, 3.63) is 83.6 Å². The molecule has 2 aromatic rings. The van der Waals surface area contributed by atoms with E-state index < -0.39 is 17.6 Å². The first-order valence-electron chi connectivity index (χ1n) is 16.5. The van der Waals surface area contributed by atoms with E-state index >= 15 is 0 Å². The van der Waals surface area contributed by atoms with Crippen molar-refractivity contribution in [3.63, 3.8) is 0 Å². The molecular formula is C36H49F2N3O2. The summed E-state index contributed by atoms with van der Waals surface area (Å²) in [7, 11) is 0. The molecule has 0 amide bonds. The molecule has 0 aromatic heterocycles. The van der Waals surface area contributed by atoms with Gasteiger partial charge >= 0.3 is 5.97 Å². The number of hydrogen-bond acceptors (Lipinski definition) is 4. The molecule has 2 saturated heterocycles. The Hall–Kier alpha value is -2.77. The number of allylic oxidation sites excluding steroid dienone is 1. The van der Waals surface area contributed by atoms with E-state index in [2.05, 4.69) is 58.5 Å². The van der Waals surface area contributed by atoms with Gasteiger partial charge in [-0.3, -0.25) is 9.69 Å². The highest BCUT2D eigenvalue weighted by Crippen LogP contribution is 2.38. The van der Waals surface area contributed by atoms with Crippen LogP contribution in [0.2, 0.25) is 0 Å². The summed E-state index contributed by atoms with van der Waals surface area (Å²) in [5.41, 5.74) is 3.17. The molecule has 1 N–H and O–H groups in total. The van der Waals surface area contributed by atoms with Gasteiger partial charge < -0.3 is 14.9 Å². The van der Waals surface area contributed by atoms with Crippen LogP contribution in [0.1, 0.15) is 75.3 Å². The molecule has 234 valence electrons. The van der Waals surface area contributed by atoms with Gasteiger partial charge in [0.05, 0.1) is 0 Å². The van der Waals surface area contributed by atoms with Crippen molar-refractivity contribution in [1.29, 1.82) is 0 Å². The van der Waals surface area contributed by atoms with Crippen molar-refractivity contribution in [2.45, 2.75) is 82.7 Å². The highest BCUT2D eigenvalue weighted by Gasteiger charge is 2.43. The SMILES string of the molecule is C=C(CCc1ccc(F)c(F)c1)N(CC)C1CCN(C[C@H]2CN([C@@H](C(=O)O)C3CCCCC3)C[C@@H]2c2ccccc2)CC1. The predicted octanol–water partition coefficient (Wildman–Crippen LogP) is 6.95. The summed E-state index contributed by atoms with van der Waals surface area (Å²) in [5.74, 6) is -1.26. The number of carbonyl (C=O) groups is 1. The summed E-state index contributed by atoms with van der Waals surface area (Å²) < 4.78 is 27.0. The Bertz CT molecular complexity index is 1210. The number of nitrogens with zero attached hydrogens (tertiary/aromatic N) is 3. The van der Waals surface area contributed by atoms with Gasteiger partial charge in [-0.05, 0) is 80.5 Å². The minimum atomic E-state index is -0.809. The number of aliphatic carboxylic acids is 1. The average molecular weight is 594 g/mol. The maximum Gasteiger partial charge on any atom is 0.321 e. The van der Waals surface area contributed by atoms with Crippen LogP contribution < -0.4 is 0 Å². The lowest BCUT2D eigenvalue weighted by Gasteiger charge is -2.41. The van der Waals surface area contributed by atoms with Gasteiger partial charge in [-0.25, -0.2) is 8.78 Å². The third-order valence-electron chi connectivity index (χ3n) is 10.4. The molecule has 0 bridgehead atoms. The Morgan fingerprint density at radius 2 is 1.72 bits per heavy atom. The second kappa shape index (κ2) is 14.8. The lowest BCUT2D eigenvalue weighted by Crippen LogP contribution is -2.47. The van der Waals surface area contributed by atoms with Gasteiger partial charge in [0.15, 0.2) is 11.6 Å². The van der Waals surface area contributed by atoms with Crippen LogP contribution in [-0.4, -0.2) is 77.1 Å². The first kappa shape index (κ1) is 31.6. The minimum Gasteiger partial charge on any atom is -0.480 e. The maximum atomic E-state index is 13.7. The fourth-order valence-electron chi connectivity index (χ4n) is 8.11. The first-order chi connectivity index (χ1) is 20.8. The number of rotatable bonds is 12. The van der Waals surface area contributed by atoms with Crippen molar-refractivity contribution in [2.75, 3.05) is 39.3 Å². The number of benzene rings is 2. The molecule has 1 saturated carbocycles. The smallest absolute Gasteiger partial charge is 0.321 e. The summed E-state index contributed by atoms with van der Waals surface area (Å²) in [6.07, 6.45) is 9.07. The number of piperidine rings is 1. The molecule has 0 spiro atoms. The normalized spacial score (nSPS) is 23.3. The van der Waals surface area contributed by atoms with Crippen LogP contribution in [0.15, 0.2) is 60.8 Å². The fourth-order valence-corrected chi connectivity index (χ4v) is 8.11. The van der Waals surface area contributed by atoms with Crippen LogP contribution in [0.5, 0.6) is 0 Å². The summed E-state index contributed by atoms with van der Waals surface area (Å²) in [5, 5.41) is 10.3. The molecule has 2 aliphatic heterocycles. The summed E-state index contributed by atoms with van der Waals surface area (Å²) in [6.45, 7) is 12.1. The van der Waals surface area contributed by atoms with E-state index in [0.717, 1.165) is 95.5 Å². The molecule has 0 radical (unpaired) electrons. The standard InChI is InChI=1S/C36H49F2N3O2/c1-3-41(26(2)14-15-27-16-17-33(37)34(38)22-27)31-18-20-39(21-19-31)23-30-24-40(25-32(30)28-10-6-4-7-11-28)35(36(42)43)29-12-8-5-9-13-29/h4,6-7,10-11,16-17,22,29-32,35H,2-3,5,8-9,12-15,18-21,23-25H2,1H3,(H,42,43)/t30-,32+,35+/m0/s1. The van der Waals surface area contributed by atoms with E-state index in [0.29, 0.717) is 24.3 Å². The van der Waals surface area contributed by atoms with Crippen molar-refractivity contribution in [1.82, 2.24) is 14.7 Å². The van der Waals surface area contributed by atoms with Crippen LogP contribution in [0.4, 0.5) is 8.78 Å². The Balaban J connectivity index is 1.19. The Kier molecular flexibility index (Phi) is 10.9. The predicted molar refractivity (Wildman–Crippen MR) is 168 cm³/mol. The molecule has 0 unspecified atom stereocenters. The van der Waals surface area contributed by atoms with Crippen LogP contribution in [0.25, 0.3) is 0 Å². The van der Waals surface area contributed by atoms with Gasteiger partial charge in [0.25, 0.3) is 0 Å². The van der Waals surface area contributed by atoms with E-state index in [1.54, 1.807) is 6.07 Å². The molecular weight excluding hydrogens is 544 g/mol. The molecule has 3 aliphatic rings. The molecule has 2 heterocycles. The first-order valence-corrected chi connectivity index (χ1v) is 16.5. The Labute approximate surface area is 256 Å². The average Bonchev–Trinajstić information content (AvgIpc) is 3.42. The van der Waals surface area contributed by atoms with Crippen molar-refractivity contribution < 1.29 is 18.7 Å². The second-order valence-electron chi connectivity index (χ2n) is 13.0. The van der Waals surface area contributed by atoms with Crippen LogP contribution >= 0.6 is 0 Å². The monoisotopic (exact) mass is 593 g/mol. The molecule has 1 aliphatic carbocycles. The second-order valence-corrected chi connectivity index (χ2v) is 13.0. The third kappa shape index (κ3) is 7.85. The molecule has 7 heteroatoms. The molecule has 3 fully saturated rings. The van der Waals surface area contributed by atoms with Gasteiger partial charge in [-0.2, -0.15) is 0 Å². The number of halogens is 2. The van der Waals surface area contributed by atoms with Crippen molar-refractivity contribution in [3.8, 4) is 0 Å². The highest BCUT2D eigenvalue weighted by molar-refractivity contribution is 5.74. The molecule has 3 atom stereocenters. The zero-order valence-corrected chi connectivity index (χ0v) is 25.8.